The molecule has 0 unspecified atom stereocenters. The Morgan fingerprint density at radius 2 is 2.40 bits per heavy atom. The molecule has 1 aliphatic heterocycles. The number of piperidine rings is 1. The van der Waals surface area contributed by atoms with Gasteiger partial charge in [0.2, 0.25) is 11.8 Å². The van der Waals surface area contributed by atoms with Crippen molar-refractivity contribution in [1.29, 1.82) is 0 Å². The van der Waals surface area contributed by atoms with Crippen LogP contribution in [0.25, 0.3) is 0 Å². The highest BCUT2D eigenvalue weighted by atomic mass is 32.1. The monoisotopic (exact) mass is 295 g/mol. The lowest BCUT2D eigenvalue weighted by Crippen LogP contribution is -2.44. The second-order valence-corrected chi connectivity index (χ2v) is 6.26. The van der Waals surface area contributed by atoms with Crippen LogP contribution in [0.2, 0.25) is 0 Å². The third-order valence-corrected chi connectivity index (χ3v) is 4.57. The zero-order valence-corrected chi connectivity index (χ0v) is 12.7. The van der Waals surface area contributed by atoms with Crippen molar-refractivity contribution in [3.05, 3.63) is 22.4 Å². The van der Waals surface area contributed by atoms with Gasteiger partial charge in [-0.25, -0.2) is 0 Å². The number of amides is 2. The Kier molecular flexibility index (Phi) is 5.14. The van der Waals surface area contributed by atoms with Gasteiger partial charge in [0, 0.05) is 24.4 Å². The number of carbonyl (C=O) groups is 2. The maximum atomic E-state index is 12.1. The standard InChI is InChI=1S/C14H21N3O2S/c1-17(2)11(12-4-3-7-20-12)9-16-14(19)10-5-6-13(18)15-8-10/h3-4,7,10-11H,5-6,8-9H2,1-2H3,(H,15,18)(H,16,19)/t10-,11-/m1/s1. The van der Waals surface area contributed by atoms with Crippen LogP contribution in [0.4, 0.5) is 0 Å². The van der Waals surface area contributed by atoms with Crippen LogP contribution in [-0.2, 0) is 9.59 Å². The van der Waals surface area contributed by atoms with Crippen LogP contribution in [0.3, 0.4) is 0 Å². The van der Waals surface area contributed by atoms with Gasteiger partial charge in [-0.2, -0.15) is 0 Å². The van der Waals surface area contributed by atoms with E-state index in [0.717, 1.165) is 0 Å². The summed E-state index contributed by atoms with van der Waals surface area (Å²) >= 11 is 1.70. The maximum absolute atomic E-state index is 12.1. The van der Waals surface area contributed by atoms with E-state index in [2.05, 4.69) is 21.6 Å². The van der Waals surface area contributed by atoms with Crippen molar-refractivity contribution in [2.24, 2.45) is 5.92 Å². The van der Waals surface area contributed by atoms with E-state index in [1.165, 1.54) is 4.88 Å². The summed E-state index contributed by atoms with van der Waals surface area (Å²) in [4.78, 5) is 26.6. The lowest BCUT2D eigenvalue weighted by atomic mass is 9.98. The van der Waals surface area contributed by atoms with E-state index in [4.69, 9.17) is 0 Å². The third kappa shape index (κ3) is 3.80. The average molecular weight is 295 g/mol. The smallest absolute Gasteiger partial charge is 0.224 e. The predicted molar refractivity (Wildman–Crippen MR) is 79.5 cm³/mol. The molecule has 1 aromatic heterocycles. The van der Waals surface area contributed by atoms with Crippen LogP contribution >= 0.6 is 11.3 Å². The number of likely N-dealkylation sites (N-methyl/N-ethyl adjacent to an activating group) is 1. The summed E-state index contributed by atoms with van der Waals surface area (Å²) in [5.41, 5.74) is 0. The highest BCUT2D eigenvalue weighted by molar-refractivity contribution is 7.10. The number of thiophene rings is 1. The molecule has 2 atom stereocenters. The second kappa shape index (κ2) is 6.85. The molecule has 2 amide bonds. The molecule has 1 aromatic rings. The van der Waals surface area contributed by atoms with Crippen molar-refractivity contribution in [1.82, 2.24) is 15.5 Å². The SMILES string of the molecule is CN(C)[C@H](CNC(=O)[C@@H]1CCC(=O)NC1)c1cccs1. The van der Waals surface area contributed by atoms with E-state index >= 15 is 0 Å². The summed E-state index contributed by atoms with van der Waals surface area (Å²) in [6.45, 7) is 1.05. The zero-order valence-electron chi connectivity index (χ0n) is 11.9. The van der Waals surface area contributed by atoms with Crippen molar-refractivity contribution in [2.75, 3.05) is 27.2 Å². The molecule has 6 heteroatoms. The first-order valence-corrected chi connectivity index (χ1v) is 7.70. The molecule has 5 nitrogen and oxygen atoms in total. The van der Waals surface area contributed by atoms with Gasteiger partial charge in [-0.15, -0.1) is 11.3 Å². The Bertz CT molecular complexity index is 449. The van der Waals surface area contributed by atoms with Gasteiger partial charge < -0.3 is 15.5 Å². The van der Waals surface area contributed by atoms with Crippen molar-refractivity contribution in [3.63, 3.8) is 0 Å². The van der Waals surface area contributed by atoms with Gasteiger partial charge in [0.1, 0.15) is 0 Å². The summed E-state index contributed by atoms with van der Waals surface area (Å²) < 4.78 is 0. The average Bonchev–Trinajstić information content (AvgIpc) is 2.93. The minimum atomic E-state index is -0.0983. The van der Waals surface area contributed by atoms with E-state index < -0.39 is 0 Å². The Hall–Kier alpha value is -1.40. The van der Waals surface area contributed by atoms with Gasteiger partial charge in [0.25, 0.3) is 0 Å². The molecule has 0 spiro atoms. The van der Waals surface area contributed by atoms with Gasteiger partial charge in [-0.3, -0.25) is 9.59 Å². The van der Waals surface area contributed by atoms with E-state index in [1.807, 2.05) is 25.5 Å². The molecule has 0 aromatic carbocycles. The van der Waals surface area contributed by atoms with E-state index in [0.29, 0.717) is 25.9 Å². The zero-order chi connectivity index (χ0) is 14.5. The Balaban J connectivity index is 1.86. The minimum Gasteiger partial charge on any atom is -0.355 e. The molecule has 0 aliphatic carbocycles. The number of hydrogen-bond acceptors (Lipinski definition) is 4. The normalized spacial score (nSPS) is 20.6. The van der Waals surface area contributed by atoms with Crippen LogP contribution in [-0.4, -0.2) is 43.9 Å². The van der Waals surface area contributed by atoms with Gasteiger partial charge in [0.05, 0.1) is 12.0 Å². The Labute approximate surface area is 123 Å². The van der Waals surface area contributed by atoms with Crippen LogP contribution in [0, 0.1) is 5.92 Å². The largest absolute Gasteiger partial charge is 0.355 e. The molecular weight excluding hydrogens is 274 g/mol. The molecule has 1 fully saturated rings. The lowest BCUT2D eigenvalue weighted by molar-refractivity contribution is -0.129. The highest BCUT2D eigenvalue weighted by Crippen LogP contribution is 2.22. The van der Waals surface area contributed by atoms with E-state index in [9.17, 15) is 9.59 Å². The van der Waals surface area contributed by atoms with Gasteiger partial charge in [0.15, 0.2) is 0 Å². The number of nitrogens with zero attached hydrogens (tertiary/aromatic N) is 1. The van der Waals surface area contributed by atoms with E-state index in [-0.39, 0.29) is 23.8 Å². The van der Waals surface area contributed by atoms with Crippen LogP contribution < -0.4 is 10.6 Å². The first-order valence-electron chi connectivity index (χ1n) is 6.82. The second-order valence-electron chi connectivity index (χ2n) is 5.28. The molecule has 110 valence electrons. The molecule has 2 N–H and O–H groups in total. The van der Waals surface area contributed by atoms with Crippen LogP contribution in [0.5, 0.6) is 0 Å². The summed E-state index contributed by atoms with van der Waals surface area (Å²) in [5, 5.41) is 7.80. The van der Waals surface area contributed by atoms with Gasteiger partial charge >= 0.3 is 0 Å². The summed E-state index contributed by atoms with van der Waals surface area (Å²) in [6.07, 6.45) is 1.09. The molecule has 1 saturated heterocycles. The molecule has 0 radical (unpaired) electrons. The first-order chi connectivity index (χ1) is 9.58. The van der Waals surface area contributed by atoms with Crippen LogP contribution in [0.15, 0.2) is 17.5 Å². The number of hydrogen-bond donors (Lipinski definition) is 2. The van der Waals surface area contributed by atoms with Crippen molar-refractivity contribution in [2.45, 2.75) is 18.9 Å². The number of rotatable bonds is 5. The maximum Gasteiger partial charge on any atom is 0.224 e. The highest BCUT2D eigenvalue weighted by Gasteiger charge is 2.25. The molecule has 2 heterocycles. The summed E-state index contributed by atoms with van der Waals surface area (Å²) in [7, 11) is 4.02. The lowest BCUT2D eigenvalue weighted by Gasteiger charge is -2.26. The Morgan fingerprint density at radius 1 is 1.60 bits per heavy atom. The predicted octanol–water partition coefficient (Wildman–Crippen LogP) is 0.993. The molecule has 0 saturated carbocycles. The van der Waals surface area contributed by atoms with Crippen molar-refractivity contribution in [3.8, 4) is 0 Å². The molecule has 20 heavy (non-hydrogen) atoms. The summed E-state index contributed by atoms with van der Waals surface area (Å²) in [5.74, 6) is -0.0222. The van der Waals surface area contributed by atoms with Gasteiger partial charge in [-0.05, 0) is 32.0 Å². The quantitative estimate of drug-likeness (QED) is 0.852. The molecule has 1 aliphatic rings. The molecule has 0 bridgehead atoms. The fraction of sp³-hybridized carbons (Fsp3) is 0.571. The number of nitrogens with one attached hydrogen (secondary N) is 2. The molecule has 2 rings (SSSR count). The third-order valence-electron chi connectivity index (χ3n) is 3.60. The number of carbonyl (C=O) groups excluding carboxylic acids is 2. The first kappa shape index (κ1) is 15.0. The van der Waals surface area contributed by atoms with Crippen molar-refractivity contribution >= 4 is 23.2 Å². The van der Waals surface area contributed by atoms with E-state index in [1.54, 1.807) is 11.3 Å². The van der Waals surface area contributed by atoms with Crippen molar-refractivity contribution < 1.29 is 9.59 Å². The summed E-state index contributed by atoms with van der Waals surface area (Å²) in [6, 6.07) is 4.30. The van der Waals surface area contributed by atoms with Gasteiger partial charge in [-0.1, -0.05) is 6.07 Å². The topological polar surface area (TPSA) is 61.4 Å². The minimum absolute atomic E-state index is 0.0356. The fourth-order valence-corrected chi connectivity index (χ4v) is 3.24. The fourth-order valence-electron chi connectivity index (χ4n) is 2.32. The molecular formula is C14H21N3O2S. The Morgan fingerprint density at radius 3 is 2.95 bits per heavy atom. The van der Waals surface area contributed by atoms with Crippen LogP contribution in [0.1, 0.15) is 23.8 Å².